The Morgan fingerprint density at radius 1 is 1.50 bits per heavy atom. The number of halogens is 1. The van der Waals surface area contributed by atoms with E-state index in [0.29, 0.717) is 0 Å². The largest absolute Gasteiger partial charge is 0.371 e. The number of hydrogen-bond donors (Lipinski definition) is 1. The zero-order valence-corrected chi connectivity index (χ0v) is 12.3. The summed E-state index contributed by atoms with van der Waals surface area (Å²) in [6, 6.07) is 7.93. The number of carbonyl (C=O) groups excluding carboxylic acids is 1. The first kappa shape index (κ1) is 13.9. The second-order valence-corrected chi connectivity index (χ2v) is 6.01. The summed E-state index contributed by atoms with van der Waals surface area (Å²) in [6.07, 6.45) is 1.03. The first-order valence-electron chi connectivity index (χ1n) is 6.99. The van der Waals surface area contributed by atoms with Gasteiger partial charge in [0.15, 0.2) is 0 Å². The smallest absolute Gasteiger partial charge is 0.225 e. The molecule has 5 heteroatoms. The van der Waals surface area contributed by atoms with Crippen molar-refractivity contribution in [3.63, 3.8) is 0 Å². The molecule has 4 nitrogen and oxygen atoms in total. The number of nitrogens with zero attached hydrogens (tertiary/aromatic N) is 1. The molecular formula is C15H19ClN2O2. The molecule has 0 spiro atoms. The quantitative estimate of drug-likeness (QED) is 0.922. The van der Waals surface area contributed by atoms with Crippen molar-refractivity contribution < 1.29 is 9.53 Å². The lowest BCUT2D eigenvalue weighted by atomic mass is 10.00. The molecule has 0 aromatic heterocycles. The van der Waals surface area contributed by atoms with Gasteiger partial charge in [0.2, 0.25) is 5.91 Å². The highest BCUT2D eigenvalue weighted by molar-refractivity contribution is 6.30. The Hall–Kier alpha value is -1.10. The average Bonchev–Trinajstić information content (AvgIpc) is 2.73. The molecule has 2 aliphatic rings. The summed E-state index contributed by atoms with van der Waals surface area (Å²) < 4.78 is 5.90. The first-order valence-corrected chi connectivity index (χ1v) is 7.37. The van der Waals surface area contributed by atoms with Crippen molar-refractivity contribution in [1.82, 2.24) is 10.2 Å². The minimum atomic E-state index is -0.00522. The van der Waals surface area contributed by atoms with E-state index in [-0.39, 0.29) is 24.0 Å². The monoisotopic (exact) mass is 294 g/mol. The van der Waals surface area contributed by atoms with Gasteiger partial charge in [-0.2, -0.15) is 0 Å². The van der Waals surface area contributed by atoms with Crippen LogP contribution in [0.15, 0.2) is 24.3 Å². The van der Waals surface area contributed by atoms with Crippen LogP contribution in [0.2, 0.25) is 5.02 Å². The molecule has 2 heterocycles. The topological polar surface area (TPSA) is 41.6 Å². The molecule has 108 valence electrons. The summed E-state index contributed by atoms with van der Waals surface area (Å²) in [4.78, 5) is 14.2. The number of benzene rings is 1. The maximum atomic E-state index is 11.8. The first-order chi connectivity index (χ1) is 9.65. The highest BCUT2D eigenvalue weighted by atomic mass is 35.5. The van der Waals surface area contributed by atoms with Gasteiger partial charge in [-0.15, -0.1) is 0 Å². The van der Waals surface area contributed by atoms with Gasteiger partial charge in [-0.25, -0.2) is 0 Å². The highest BCUT2D eigenvalue weighted by Gasteiger charge is 2.44. The molecule has 3 rings (SSSR count). The van der Waals surface area contributed by atoms with Gasteiger partial charge in [-0.05, 0) is 24.1 Å². The van der Waals surface area contributed by atoms with E-state index in [9.17, 15) is 4.79 Å². The second kappa shape index (κ2) is 5.72. The van der Waals surface area contributed by atoms with Gasteiger partial charge in [-0.3, -0.25) is 9.69 Å². The van der Waals surface area contributed by atoms with E-state index in [1.165, 1.54) is 5.56 Å². The lowest BCUT2D eigenvalue weighted by Crippen LogP contribution is -2.44. The summed E-state index contributed by atoms with van der Waals surface area (Å²) in [5.41, 5.74) is 1.20. The number of amides is 1. The molecule has 2 aliphatic heterocycles. The second-order valence-electron chi connectivity index (χ2n) is 5.58. The molecule has 0 saturated carbocycles. The number of hydrogen-bond acceptors (Lipinski definition) is 3. The fourth-order valence-electron chi connectivity index (χ4n) is 3.22. The zero-order chi connectivity index (χ0) is 14.1. The van der Waals surface area contributed by atoms with Crippen LogP contribution >= 0.6 is 11.6 Å². The standard InChI is InChI=1S/C15H19ClN2O2/c1-17-15(19)13-6-12-8-18(9-14(13)20-12)7-10-3-2-4-11(16)5-10/h2-5,12-14H,6-9H2,1H3,(H,17,19). The Bertz CT molecular complexity index is 508. The van der Waals surface area contributed by atoms with Crippen LogP contribution in [0.4, 0.5) is 0 Å². The molecule has 2 bridgehead atoms. The molecule has 2 fully saturated rings. The number of nitrogens with one attached hydrogen (secondary N) is 1. The summed E-state index contributed by atoms with van der Waals surface area (Å²) in [7, 11) is 1.69. The molecule has 1 N–H and O–H groups in total. The third-order valence-corrected chi connectivity index (χ3v) is 4.35. The van der Waals surface area contributed by atoms with Crippen molar-refractivity contribution in [2.24, 2.45) is 5.92 Å². The summed E-state index contributed by atoms with van der Waals surface area (Å²) in [5.74, 6) is 0.0940. The number of carbonyl (C=O) groups is 1. The van der Waals surface area contributed by atoms with Gasteiger partial charge in [0.1, 0.15) is 0 Å². The van der Waals surface area contributed by atoms with E-state index in [0.717, 1.165) is 31.1 Å². The van der Waals surface area contributed by atoms with Crippen LogP contribution in [0.3, 0.4) is 0 Å². The Morgan fingerprint density at radius 2 is 2.35 bits per heavy atom. The molecule has 3 atom stereocenters. The van der Waals surface area contributed by atoms with Gasteiger partial charge in [-0.1, -0.05) is 23.7 Å². The third-order valence-electron chi connectivity index (χ3n) is 4.11. The molecule has 20 heavy (non-hydrogen) atoms. The summed E-state index contributed by atoms with van der Waals surface area (Å²) >= 11 is 6.02. The Labute approximate surface area is 124 Å². The van der Waals surface area contributed by atoms with Crippen LogP contribution in [0.25, 0.3) is 0 Å². The zero-order valence-electron chi connectivity index (χ0n) is 11.5. The van der Waals surface area contributed by atoms with Gasteiger partial charge < -0.3 is 10.1 Å². The molecule has 1 aromatic rings. The van der Waals surface area contributed by atoms with Crippen molar-refractivity contribution >= 4 is 17.5 Å². The third kappa shape index (κ3) is 2.82. The van der Waals surface area contributed by atoms with E-state index in [1.54, 1.807) is 7.05 Å². The van der Waals surface area contributed by atoms with Gasteiger partial charge in [0.25, 0.3) is 0 Å². The van der Waals surface area contributed by atoms with Crippen LogP contribution < -0.4 is 5.32 Å². The van der Waals surface area contributed by atoms with E-state index < -0.39 is 0 Å². The van der Waals surface area contributed by atoms with Crippen LogP contribution in [0.1, 0.15) is 12.0 Å². The average molecular weight is 295 g/mol. The number of fused-ring (bicyclic) bond motifs is 2. The lowest BCUT2D eigenvalue weighted by Gasteiger charge is -2.32. The van der Waals surface area contributed by atoms with E-state index in [2.05, 4.69) is 16.3 Å². The molecule has 0 aliphatic carbocycles. The molecule has 1 amide bonds. The predicted octanol–water partition coefficient (Wildman–Crippen LogP) is 1.68. The number of morpholine rings is 1. The van der Waals surface area contributed by atoms with Crippen LogP contribution in [-0.2, 0) is 16.1 Å². The van der Waals surface area contributed by atoms with Crippen LogP contribution in [-0.4, -0.2) is 43.2 Å². The number of likely N-dealkylation sites (tertiary alicyclic amines) is 1. The molecule has 3 unspecified atom stereocenters. The lowest BCUT2D eigenvalue weighted by molar-refractivity contribution is -0.127. The van der Waals surface area contributed by atoms with Crippen molar-refractivity contribution in [2.75, 3.05) is 20.1 Å². The minimum absolute atomic E-state index is 0.00522. The van der Waals surface area contributed by atoms with Gasteiger partial charge in [0.05, 0.1) is 18.1 Å². The Balaban J connectivity index is 1.65. The number of ether oxygens (including phenoxy) is 1. The van der Waals surface area contributed by atoms with Crippen molar-refractivity contribution in [3.8, 4) is 0 Å². The highest BCUT2D eigenvalue weighted by Crippen LogP contribution is 2.32. The molecule has 0 radical (unpaired) electrons. The molecule has 1 aromatic carbocycles. The van der Waals surface area contributed by atoms with E-state index in [1.807, 2.05) is 18.2 Å². The molecule has 2 saturated heterocycles. The predicted molar refractivity (Wildman–Crippen MR) is 77.6 cm³/mol. The van der Waals surface area contributed by atoms with Crippen molar-refractivity contribution in [3.05, 3.63) is 34.9 Å². The number of rotatable bonds is 3. The fourth-order valence-corrected chi connectivity index (χ4v) is 3.43. The summed E-state index contributed by atoms with van der Waals surface area (Å²) in [5, 5.41) is 3.50. The maximum absolute atomic E-state index is 11.8. The van der Waals surface area contributed by atoms with E-state index in [4.69, 9.17) is 16.3 Å². The Kier molecular flexibility index (Phi) is 3.96. The SMILES string of the molecule is CNC(=O)C1CC2CN(Cc3cccc(Cl)c3)CC1O2. The minimum Gasteiger partial charge on any atom is -0.371 e. The fraction of sp³-hybridized carbons (Fsp3) is 0.533. The molecular weight excluding hydrogens is 276 g/mol. The van der Waals surface area contributed by atoms with Gasteiger partial charge >= 0.3 is 0 Å². The van der Waals surface area contributed by atoms with Crippen LogP contribution in [0, 0.1) is 5.92 Å². The van der Waals surface area contributed by atoms with Crippen molar-refractivity contribution in [1.29, 1.82) is 0 Å². The Morgan fingerprint density at radius 3 is 3.10 bits per heavy atom. The normalized spacial score (nSPS) is 29.4. The van der Waals surface area contributed by atoms with Crippen molar-refractivity contribution in [2.45, 2.75) is 25.2 Å². The van der Waals surface area contributed by atoms with E-state index >= 15 is 0 Å². The summed E-state index contributed by atoms with van der Waals surface area (Å²) in [6.45, 7) is 2.55. The maximum Gasteiger partial charge on any atom is 0.225 e. The van der Waals surface area contributed by atoms with Gasteiger partial charge in [0, 0.05) is 31.7 Å². The van der Waals surface area contributed by atoms with Crippen LogP contribution in [0.5, 0.6) is 0 Å².